The van der Waals surface area contributed by atoms with Gasteiger partial charge in [-0.15, -0.1) is 0 Å². The van der Waals surface area contributed by atoms with Gasteiger partial charge in [0.05, 0.1) is 0 Å². The highest BCUT2D eigenvalue weighted by Crippen LogP contribution is 2.37. The predicted octanol–water partition coefficient (Wildman–Crippen LogP) is 2.78. The van der Waals surface area contributed by atoms with E-state index in [1.807, 2.05) is 35.4 Å². The summed E-state index contributed by atoms with van der Waals surface area (Å²) >= 11 is 0. The topological polar surface area (TPSA) is 75.0 Å². The number of aromatic nitrogens is 1. The lowest BCUT2D eigenvalue weighted by Crippen LogP contribution is -2.55. The van der Waals surface area contributed by atoms with Crippen molar-refractivity contribution in [1.82, 2.24) is 9.58 Å². The number of pyridine rings is 1. The van der Waals surface area contributed by atoms with Gasteiger partial charge in [0.15, 0.2) is 11.4 Å². The van der Waals surface area contributed by atoms with Crippen molar-refractivity contribution in [3.05, 3.63) is 106 Å². The van der Waals surface area contributed by atoms with Gasteiger partial charge >= 0.3 is 0 Å². The number of amides is 1. The Labute approximate surface area is 183 Å². The average molecular weight is 433 g/mol. The molecule has 32 heavy (non-hydrogen) atoms. The van der Waals surface area contributed by atoms with Gasteiger partial charge in [-0.05, 0) is 29.8 Å². The second-order valence-corrected chi connectivity index (χ2v) is 7.61. The second-order valence-electron chi connectivity index (χ2n) is 7.61. The highest BCUT2D eigenvalue weighted by atomic mass is 19.1. The van der Waals surface area contributed by atoms with E-state index in [1.165, 1.54) is 34.0 Å². The number of nitrogens with zero attached hydrogens (tertiary/aromatic N) is 3. The number of carbonyl (C=O) groups is 1. The van der Waals surface area contributed by atoms with Gasteiger partial charge in [-0.3, -0.25) is 19.3 Å². The van der Waals surface area contributed by atoms with Crippen molar-refractivity contribution in [1.29, 1.82) is 0 Å². The lowest BCUT2D eigenvalue weighted by molar-refractivity contribution is 0.0701. The number of benzene rings is 2. The Morgan fingerprint density at radius 3 is 2.72 bits per heavy atom. The van der Waals surface area contributed by atoms with Crippen LogP contribution in [0.2, 0.25) is 0 Å². The maximum atomic E-state index is 14.3. The van der Waals surface area contributed by atoms with Crippen LogP contribution in [0.3, 0.4) is 0 Å². The van der Waals surface area contributed by atoms with E-state index in [9.17, 15) is 19.1 Å². The molecule has 0 aliphatic carbocycles. The molecule has 0 fully saturated rings. The molecule has 0 radical (unpaired) electrons. The Morgan fingerprint density at radius 1 is 1.03 bits per heavy atom. The summed E-state index contributed by atoms with van der Waals surface area (Å²) in [6.07, 6.45) is 5.07. The number of ether oxygens (including phenoxy) is 1. The molecule has 2 bridgehead atoms. The smallest absolute Gasteiger partial charge is 0.278 e. The highest BCUT2D eigenvalue weighted by Gasteiger charge is 2.37. The van der Waals surface area contributed by atoms with Crippen LogP contribution in [0.1, 0.15) is 27.7 Å². The van der Waals surface area contributed by atoms with E-state index in [1.54, 1.807) is 18.2 Å². The summed E-state index contributed by atoms with van der Waals surface area (Å²) in [5.41, 5.74) is 0.618. The highest BCUT2D eigenvalue weighted by molar-refractivity contribution is 5.96. The Hall–Kier alpha value is -4.07. The molecule has 0 saturated carbocycles. The number of para-hydroxylation sites is 1. The second kappa shape index (κ2) is 7.88. The molecule has 5 rings (SSSR count). The van der Waals surface area contributed by atoms with Gasteiger partial charge in [0.25, 0.3) is 5.91 Å². The van der Waals surface area contributed by atoms with E-state index >= 15 is 0 Å². The molecule has 0 saturated heterocycles. The normalized spacial score (nSPS) is 18.8. The van der Waals surface area contributed by atoms with Gasteiger partial charge in [-0.1, -0.05) is 36.4 Å². The third-order valence-electron chi connectivity index (χ3n) is 5.64. The molecule has 7 nitrogen and oxygen atoms in total. The fourth-order valence-electron chi connectivity index (χ4n) is 4.17. The van der Waals surface area contributed by atoms with Crippen molar-refractivity contribution in [3.63, 3.8) is 0 Å². The minimum atomic E-state index is -0.641. The number of rotatable bonds is 1. The van der Waals surface area contributed by atoms with Crippen molar-refractivity contribution in [2.45, 2.75) is 6.04 Å². The molecule has 2 aromatic carbocycles. The zero-order valence-electron chi connectivity index (χ0n) is 17.0. The van der Waals surface area contributed by atoms with Crippen molar-refractivity contribution in [3.8, 4) is 11.5 Å². The number of halogens is 1. The fraction of sp³-hybridized carbons (Fsp3) is 0.167. The molecular formula is C24H20FN3O4. The monoisotopic (exact) mass is 433 g/mol. The molecule has 2 aliphatic rings. The summed E-state index contributed by atoms with van der Waals surface area (Å²) in [5, 5.41) is 12.3. The number of hydrogen-bond acceptors (Lipinski definition) is 5. The van der Waals surface area contributed by atoms with Crippen LogP contribution in [0, 0.1) is 5.82 Å². The first-order valence-electron chi connectivity index (χ1n) is 10.2. The van der Waals surface area contributed by atoms with Gasteiger partial charge in [0.1, 0.15) is 30.9 Å². The lowest BCUT2D eigenvalue weighted by atomic mass is 9.96. The van der Waals surface area contributed by atoms with Gasteiger partial charge in [0.2, 0.25) is 5.43 Å². The minimum absolute atomic E-state index is 0.129. The van der Waals surface area contributed by atoms with E-state index in [0.29, 0.717) is 17.9 Å². The van der Waals surface area contributed by atoms with Gasteiger partial charge < -0.3 is 14.7 Å². The van der Waals surface area contributed by atoms with Crippen LogP contribution < -0.4 is 15.2 Å². The van der Waals surface area contributed by atoms with E-state index in [2.05, 4.69) is 0 Å². The SMILES string of the molecule is O=C1c2c(O)c(=O)ccn2N2CN1C/C=C\COc1ccccc1[C@@H]2c1cccc(F)c1. The van der Waals surface area contributed by atoms with E-state index < -0.39 is 28.9 Å². The van der Waals surface area contributed by atoms with Crippen molar-refractivity contribution < 1.29 is 19.0 Å². The molecule has 0 unspecified atom stereocenters. The van der Waals surface area contributed by atoms with Crippen LogP contribution in [-0.2, 0) is 0 Å². The molecule has 1 atom stereocenters. The van der Waals surface area contributed by atoms with Crippen LogP contribution >= 0.6 is 0 Å². The third-order valence-corrected chi connectivity index (χ3v) is 5.64. The lowest BCUT2D eigenvalue weighted by Gasteiger charge is -2.43. The summed E-state index contributed by atoms with van der Waals surface area (Å²) in [7, 11) is 0. The van der Waals surface area contributed by atoms with Crippen LogP contribution in [0.15, 0.2) is 77.7 Å². The molecular weight excluding hydrogens is 413 g/mol. The quantitative estimate of drug-likeness (QED) is 0.598. The number of aromatic hydroxyl groups is 1. The Balaban J connectivity index is 1.81. The summed E-state index contributed by atoms with van der Waals surface area (Å²) in [5.74, 6) is -0.866. The fourth-order valence-corrected chi connectivity index (χ4v) is 4.17. The van der Waals surface area contributed by atoms with Crippen LogP contribution in [-0.4, -0.2) is 40.4 Å². The maximum Gasteiger partial charge on any atom is 0.278 e. The Kier molecular flexibility index (Phi) is 4.89. The molecule has 162 valence electrons. The van der Waals surface area contributed by atoms with Crippen LogP contribution in [0.5, 0.6) is 11.5 Å². The summed E-state index contributed by atoms with van der Waals surface area (Å²) in [4.78, 5) is 26.8. The van der Waals surface area contributed by atoms with Crippen LogP contribution in [0.25, 0.3) is 0 Å². The molecule has 3 heterocycles. The summed E-state index contributed by atoms with van der Waals surface area (Å²) in [6.45, 7) is 0.701. The molecule has 0 spiro atoms. The molecule has 1 N–H and O–H groups in total. The summed E-state index contributed by atoms with van der Waals surface area (Å²) in [6, 6.07) is 14.3. The maximum absolute atomic E-state index is 14.3. The van der Waals surface area contributed by atoms with Gasteiger partial charge in [-0.25, -0.2) is 4.39 Å². The van der Waals surface area contributed by atoms with Crippen molar-refractivity contribution in [2.75, 3.05) is 24.8 Å². The van der Waals surface area contributed by atoms with E-state index in [4.69, 9.17) is 4.74 Å². The molecule has 2 aliphatic heterocycles. The van der Waals surface area contributed by atoms with Gasteiger partial charge in [0, 0.05) is 24.4 Å². The third kappa shape index (κ3) is 3.30. The predicted molar refractivity (Wildman–Crippen MR) is 116 cm³/mol. The molecule has 3 aromatic rings. The first kappa shape index (κ1) is 19.9. The van der Waals surface area contributed by atoms with Crippen LogP contribution in [0.4, 0.5) is 4.39 Å². The molecule has 1 amide bonds. The van der Waals surface area contributed by atoms with E-state index in [-0.39, 0.29) is 18.9 Å². The zero-order valence-corrected chi connectivity index (χ0v) is 17.0. The number of hydrogen-bond donors (Lipinski definition) is 1. The largest absolute Gasteiger partial charge is 0.502 e. The first-order chi connectivity index (χ1) is 15.5. The summed E-state index contributed by atoms with van der Waals surface area (Å²) < 4.78 is 21.7. The Morgan fingerprint density at radius 2 is 1.88 bits per heavy atom. The average Bonchev–Trinajstić information content (AvgIpc) is 2.82. The molecule has 8 heteroatoms. The van der Waals surface area contributed by atoms with E-state index in [0.717, 1.165) is 5.56 Å². The van der Waals surface area contributed by atoms with Crippen molar-refractivity contribution in [2.24, 2.45) is 0 Å². The zero-order chi connectivity index (χ0) is 22.2. The Bertz CT molecular complexity index is 1290. The molecule has 1 aromatic heterocycles. The minimum Gasteiger partial charge on any atom is -0.502 e. The van der Waals surface area contributed by atoms with Crippen molar-refractivity contribution >= 4 is 5.91 Å². The number of fused-ring (bicyclic) bond motifs is 5. The standard InChI is InChI=1S/C24H20FN3O4/c25-17-7-5-6-16(14-17)21-18-8-1-2-9-20(18)32-13-4-3-11-26-15-28(21)27-12-10-19(29)23(30)22(27)24(26)31/h1-10,12,14,21,30H,11,13,15H2/b4-3-/t21-/m0/s1. The van der Waals surface area contributed by atoms with Gasteiger partial charge in [-0.2, -0.15) is 0 Å². The first-order valence-corrected chi connectivity index (χ1v) is 10.2. The number of carbonyl (C=O) groups excluding carboxylic acids is 1.